The van der Waals surface area contributed by atoms with E-state index in [-0.39, 0.29) is 12.2 Å². The van der Waals surface area contributed by atoms with E-state index in [0.29, 0.717) is 11.4 Å². The molecule has 0 bridgehead atoms. The molecule has 0 saturated heterocycles. The molecule has 15 heavy (non-hydrogen) atoms. The van der Waals surface area contributed by atoms with Gasteiger partial charge in [-0.25, -0.2) is 0 Å². The fraction of sp³-hybridized carbons (Fsp3) is 0.500. The summed E-state index contributed by atoms with van der Waals surface area (Å²) < 4.78 is 5.76. The topological polar surface area (TPSA) is 29.5 Å². The highest BCUT2D eigenvalue weighted by Crippen LogP contribution is 2.28. The van der Waals surface area contributed by atoms with Crippen molar-refractivity contribution in [2.75, 3.05) is 0 Å². The first-order valence-corrected chi connectivity index (χ1v) is 5.73. The van der Waals surface area contributed by atoms with E-state index in [1.165, 1.54) is 0 Å². The Balaban J connectivity index is 1.99. The van der Waals surface area contributed by atoms with Crippen LogP contribution in [0.1, 0.15) is 25.7 Å². The van der Waals surface area contributed by atoms with E-state index in [0.717, 1.165) is 25.0 Å². The summed E-state index contributed by atoms with van der Waals surface area (Å²) in [5.41, 5.74) is 0. The van der Waals surface area contributed by atoms with Gasteiger partial charge < -0.3 is 9.84 Å². The van der Waals surface area contributed by atoms with Gasteiger partial charge in [-0.05, 0) is 31.4 Å². The minimum atomic E-state index is -0.216. The standard InChI is InChI=1S/C12H15ClO2/c13-11-6-1-2-7-12(11)15-10-5-3-4-9(14)8-10/h1-2,6-7,9-10,14H,3-5,8H2. The van der Waals surface area contributed by atoms with E-state index in [1.54, 1.807) is 0 Å². The molecule has 2 atom stereocenters. The number of halogens is 1. The number of hydrogen-bond donors (Lipinski definition) is 1. The molecule has 0 amide bonds. The molecule has 1 N–H and O–H groups in total. The number of para-hydroxylation sites is 1. The Labute approximate surface area is 94.8 Å². The number of ether oxygens (including phenoxy) is 1. The Bertz CT molecular complexity index is 327. The lowest BCUT2D eigenvalue weighted by molar-refractivity contribution is 0.0537. The average Bonchev–Trinajstić information content (AvgIpc) is 2.22. The van der Waals surface area contributed by atoms with Crippen molar-refractivity contribution in [3.8, 4) is 5.75 Å². The summed E-state index contributed by atoms with van der Waals surface area (Å²) in [4.78, 5) is 0. The van der Waals surface area contributed by atoms with Crippen molar-refractivity contribution in [2.24, 2.45) is 0 Å². The third-order valence-corrected chi connectivity index (χ3v) is 3.04. The van der Waals surface area contributed by atoms with Gasteiger partial charge in [0.1, 0.15) is 11.9 Å². The molecule has 82 valence electrons. The van der Waals surface area contributed by atoms with Crippen LogP contribution in [0.4, 0.5) is 0 Å². The SMILES string of the molecule is OC1CCCC(Oc2ccccc2Cl)C1. The van der Waals surface area contributed by atoms with Gasteiger partial charge in [0.2, 0.25) is 0 Å². The molecule has 1 aromatic carbocycles. The van der Waals surface area contributed by atoms with Crippen LogP contribution in [0.2, 0.25) is 5.02 Å². The molecule has 1 aliphatic carbocycles. The monoisotopic (exact) mass is 226 g/mol. The molecule has 0 radical (unpaired) electrons. The number of aliphatic hydroxyl groups is 1. The van der Waals surface area contributed by atoms with Gasteiger partial charge in [0, 0.05) is 6.42 Å². The van der Waals surface area contributed by atoms with E-state index in [4.69, 9.17) is 16.3 Å². The van der Waals surface area contributed by atoms with Gasteiger partial charge in [0.15, 0.2) is 0 Å². The normalized spacial score (nSPS) is 26.3. The highest BCUT2D eigenvalue weighted by atomic mass is 35.5. The van der Waals surface area contributed by atoms with Crippen LogP contribution in [-0.2, 0) is 0 Å². The summed E-state index contributed by atoms with van der Waals surface area (Å²) in [5.74, 6) is 0.721. The van der Waals surface area contributed by atoms with Gasteiger partial charge in [-0.2, -0.15) is 0 Å². The van der Waals surface area contributed by atoms with Gasteiger partial charge >= 0.3 is 0 Å². The second-order valence-electron chi connectivity index (χ2n) is 3.99. The molecule has 3 heteroatoms. The van der Waals surface area contributed by atoms with E-state index in [1.807, 2.05) is 24.3 Å². The lowest BCUT2D eigenvalue weighted by atomic mass is 9.95. The molecular formula is C12H15ClO2. The minimum absolute atomic E-state index is 0.105. The average molecular weight is 227 g/mol. The van der Waals surface area contributed by atoms with Gasteiger partial charge in [-0.15, -0.1) is 0 Å². The highest BCUT2D eigenvalue weighted by molar-refractivity contribution is 6.32. The maximum atomic E-state index is 9.51. The Morgan fingerprint density at radius 2 is 2.07 bits per heavy atom. The van der Waals surface area contributed by atoms with Crippen LogP contribution in [0.3, 0.4) is 0 Å². The zero-order valence-electron chi connectivity index (χ0n) is 8.53. The Kier molecular flexibility index (Phi) is 3.49. The molecule has 1 aromatic rings. The molecule has 0 aliphatic heterocycles. The van der Waals surface area contributed by atoms with Crippen LogP contribution in [-0.4, -0.2) is 17.3 Å². The first-order valence-electron chi connectivity index (χ1n) is 5.35. The summed E-state index contributed by atoms with van der Waals surface area (Å²) in [6.45, 7) is 0. The second kappa shape index (κ2) is 4.86. The highest BCUT2D eigenvalue weighted by Gasteiger charge is 2.21. The van der Waals surface area contributed by atoms with Crippen LogP contribution in [0, 0.1) is 0 Å². The van der Waals surface area contributed by atoms with E-state index >= 15 is 0 Å². The molecule has 2 rings (SSSR count). The van der Waals surface area contributed by atoms with Gasteiger partial charge in [0.25, 0.3) is 0 Å². The molecule has 0 heterocycles. The minimum Gasteiger partial charge on any atom is -0.489 e. The fourth-order valence-electron chi connectivity index (χ4n) is 1.95. The van der Waals surface area contributed by atoms with Crippen LogP contribution in [0.5, 0.6) is 5.75 Å². The van der Waals surface area contributed by atoms with Gasteiger partial charge in [0.05, 0.1) is 11.1 Å². The predicted molar refractivity (Wildman–Crippen MR) is 60.3 cm³/mol. The van der Waals surface area contributed by atoms with Crippen LogP contribution in [0.25, 0.3) is 0 Å². The van der Waals surface area contributed by atoms with Crippen molar-refractivity contribution in [2.45, 2.75) is 37.9 Å². The van der Waals surface area contributed by atoms with Gasteiger partial charge in [-0.3, -0.25) is 0 Å². The zero-order chi connectivity index (χ0) is 10.7. The summed E-state index contributed by atoms with van der Waals surface area (Å²) in [6.07, 6.45) is 3.52. The number of benzene rings is 1. The molecule has 1 saturated carbocycles. The Morgan fingerprint density at radius 3 is 2.80 bits per heavy atom. The lowest BCUT2D eigenvalue weighted by Gasteiger charge is -2.26. The van der Waals surface area contributed by atoms with Crippen molar-refractivity contribution in [3.63, 3.8) is 0 Å². The Morgan fingerprint density at radius 1 is 1.27 bits per heavy atom. The number of aliphatic hydroxyl groups excluding tert-OH is 1. The predicted octanol–water partition coefficient (Wildman–Crippen LogP) is 3.02. The maximum Gasteiger partial charge on any atom is 0.138 e. The van der Waals surface area contributed by atoms with Gasteiger partial charge in [-0.1, -0.05) is 23.7 Å². The van der Waals surface area contributed by atoms with E-state index < -0.39 is 0 Å². The van der Waals surface area contributed by atoms with Crippen LogP contribution < -0.4 is 4.74 Å². The zero-order valence-corrected chi connectivity index (χ0v) is 9.28. The molecule has 0 aromatic heterocycles. The largest absolute Gasteiger partial charge is 0.489 e. The van der Waals surface area contributed by atoms with E-state index in [2.05, 4.69) is 0 Å². The Hall–Kier alpha value is -0.730. The number of rotatable bonds is 2. The van der Waals surface area contributed by atoms with Crippen LogP contribution in [0.15, 0.2) is 24.3 Å². The third kappa shape index (κ3) is 2.86. The smallest absolute Gasteiger partial charge is 0.138 e. The molecule has 1 fully saturated rings. The summed E-state index contributed by atoms with van der Waals surface area (Å²) in [5, 5.41) is 10.2. The second-order valence-corrected chi connectivity index (χ2v) is 4.40. The summed E-state index contributed by atoms with van der Waals surface area (Å²) >= 11 is 5.99. The van der Waals surface area contributed by atoms with Crippen molar-refractivity contribution in [1.29, 1.82) is 0 Å². The van der Waals surface area contributed by atoms with Crippen molar-refractivity contribution < 1.29 is 9.84 Å². The molecule has 2 unspecified atom stereocenters. The number of hydrogen-bond acceptors (Lipinski definition) is 2. The lowest BCUT2D eigenvalue weighted by Crippen LogP contribution is -2.28. The first-order chi connectivity index (χ1) is 7.25. The van der Waals surface area contributed by atoms with Crippen molar-refractivity contribution in [1.82, 2.24) is 0 Å². The summed E-state index contributed by atoms with van der Waals surface area (Å²) in [7, 11) is 0. The molecule has 2 nitrogen and oxygen atoms in total. The van der Waals surface area contributed by atoms with E-state index in [9.17, 15) is 5.11 Å². The molecule has 1 aliphatic rings. The fourth-order valence-corrected chi connectivity index (χ4v) is 2.13. The molecule has 0 spiro atoms. The summed E-state index contributed by atoms with van der Waals surface area (Å²) in [6, 6.07) is 7.46. The maximum absolute atomic E-state index is 9.51. The first kappa shape index (κ1) is 10.8. The van der Waals surface area contributed by atoms with Crippen LogP contribution >= 0.6 is 11.6 Å². The molecular weight excluding hydrogens is 212 g/mol. The van der Waals surface area contributed by atoms with Crippen molar-refractivity contribution in [3.05, 3.63) is 29.3 Å². The quantitative estimate of drug-likeness (QED) is 0.840. The van der Waals surface area contributed by atoms with Crippen molar-refractivity contribution >= 4 is 11.6 Å². The third-order valence-electron chi connectivity index (χ3n) is 2.73.